The SMILES string of the molecule is CCCCCC=C=CCC(=O)N(CCC(=O)NCCS)C(=O)[C@H](O)C(C)(C)CO. The van der Waals surface area contributed by atoms with E-state index in [2.05, 4.69) is 30.6 Å². The fourth-order valence-electron chi connectivity index (χ4n) is 2.34. The molecule has 0 unspecified atom stereocenters. The van der Waals surface area contributed by atoms with Gasteiger partial charge in [0.25, 0.3) is 5.91 Å². The smallest absolute Gasteiger partial charge is 0.258 e. The van der Waals surface area contributed by atoms with Gasteiger partial charge >= 0.3 is 0 Å². The number of hydrogen-bond donors (Lipinski definition) is 4. The Morgan fingerprint density at radius 1 is 1.24 bits per heavy atom. The van der Waals surface area contributed by atoms with Crippen molar-refractivity contribution in [1.29, 1.82) is 0 Å². The van der Waals surface area contributed by atoms with E-state index in [0.29, 0.717) is 12.3 Å². The number of thiol groups is 1. The minimum Gasteiger partial charge on any atom is -0.396 e. The van der Waals surface area contributed by atoms with E-state index < -0.39 is 29.9 Å². The molecule has 1 atom stereocenters. The van der Waals surface area contributed by atoms with Gasteiger partial charge in [-0.05, 0) is 25.0 Å². The summed E-state index contributed by atoms with van der Waals surface area (Å²) in [5.41, 5.74) is 1.82. The van der Waals surface area contributed by atoms with Gasteiger partial charge in [-0.15, -0.1) is 5.73 Å². The number of unbranched alkanes of at least 4 members (excludes halogenated alkanes) is 3. The van der Waals surface area contributed by atoms with E-state index in [0.717, 1.165) is 30.6 Å². The summed E-state index contributed by atoms with van der Waals surface area (Å²) < 4.78 is 0. The Bertz CT molecular complexity index is 586. The van der Waals surface area contributed by atoms with Gasteiger partial charge in [0.15, 0.2) is 0 Å². The zero-order valence-electron chi connectivity index (χ0n) is 17.8. The minimum absolute atomic E-state index is 0.0689. The number of hydrogen-bond acceptors (Lipinski definition) is 6. The lowest BCUT2D eigenvalue weighted by Crippen LogP contribution is -2.50. The van der Waals surface area contributed by atoms with Crippen molar-refractivity contribution in [3.05, 3.63) is 17.9 Å². The molecule has 0 radical (unpaired) electrons. The third-order valence-electron chi connectivity index (χ3n) is 4.41. The zero-order chi connectivity index (χ0) is 22.3. The molecule has 0 aliphatic heterocycles. The molecule has 0 aliphatic carbocycles. The first-order valence-electron chi connectivity index (χ1n) is 10.1. The summed E-state index contributed by atoms with van der Waals surface area (Å²) in [4.78, 5) is 38.0. The lowest BCUT2D eigenvalue weighted by molar-refractivity contribution is -0.156. The van der Waals surface area contributed by atoms with Crippen LogP contribution in [0, 0.1) is 5.41 Å². The van der Waals surface area contributed by atoms with E-state index in [9.17, 15) is 24.6 Å². The highest BCUT2D eigenvalue weighted by molar-refractivity contribution is 7.80. The molecule has 8 heteroatoms. The monoisotopic (exact) mass is 428 g/mol. The standard InChI is InChI=1S/C21H36N2O5S/c1-4-5-6-7-8-9-10-11-18(26)23(14-12-17(25)22-13-15-29)20(28)19(27)21(2,3)16-24/h8,10,19,24,27,29H,4-7,11-16H2,1-3H3,(H,22,25)/t9?,19-/m0/s1. The van der Waals surface area contributed by atoms with Gasteiger partial charge in [0.1, 0.15) is 6.10 Å². The lowest BCUT2D eigenvalue weighted by Gasteiger charge is -2.31. The summed E-state index contributed by atoms with van der Waals surface area (Å²) in [7, 11) is 0. The highest BCUT2D eigenvalue weighted by Gasteiger charge is 2.37. The first kappa shape index (κ1) is 27.4. The van der Waals surface area contributed by atoms with Gasteiger partial charge in [0, 0.05) is 30.7 Å². The lowest BCUT2D eigenvalue weighted by atomic mass is 9.86. The second-order valence-corrected chi connectivity index (χ2v) is 7.98. The fourth-order valence-corrected chi connectivity index (χ4v) is 2.45. The molecule has 0 fully saturated rings. The van der Waals surface area contributed by atoms with Crippen LogP contribution < -0.4 is 5.32 Å². The number of carbonyl (C=O) groups excluding carboxylic acids is 3. The second kappa shape index (κ2) is 15.3. The summed E-state index contributed by atoms with van der Waals surface area (Å²) in [5, 5.41) is 22.3. The van der Waals surface area contributed by atoms with Crippen molar-refractivity contribution in [2.24, 2.45) is 5.41 Å². The molecule has 0 saturated carbocycles. The molecule has 0 aliphatic rings. The third-order valence-corrected chi connectivity index (χ3v) is 4.63. The maximum atomic E-state index is 12.7. The molecule has 0 aromatic heterocycles. The van der Waals surface area contributed by atoms with Crippen LogP contribution in [-0.2, 0) is 14.4 Å². The highest BCUT2D eigenvalue weighted by Crippen LogP contribution is 2.22. The number of amides is 3. The van der Waals surface area contributed by atoms with Gasteiger partial charge < -0.3 is 15.5 Å². The van der Waals surface area contributed by atoms with Crippen LogP contribution in [0.1, 0.15) is 59.3 Å². The molecule has 29 heavy (non-hydrogen) atoms. The quantitative estimate of drug-likeness (QED) is 0.192. The van der Waals surface area contributed by atoms with Gasteiger partial charge in [0.05, 0.1) is 13.0 Å². The van der Waals surface area contributed by atoms with Crippen molar-refractivity contribution in [3.63, 3.8) is 0 Å². The number of nitrogens with one attached hydrogen (secondary N) is 1. The minimum atomic E-state index is -1.56. The van der Waals surface area contributed by atoms with Gasteiger partial charge in [0.2, 0.25) is 11.8 Å². The molecule has 166 valence electrons. The average Bonchev–Trinajstić information content (AvgIpc) is 2.70. The van der Waals surface area contributed by atoms with Crippen molar-refractivity contribution < 1.29 is 24.6 Å². The van der Waals surface area contributed by atoms with Crippen LogP contribution in [0.3, 0.4) is 0 Å². The fraction of sp³-hybridized carbons (Fsp3) is 0.714. The maximum Gasteiger partial charge on any atom is 0.258 e. The molecule has 7 nitrogen and oxygen atoms in total. The van der Waals surface area contributed by atoms with Crippen molar-refractivity contribution in [2.75, 3.05) is 25.4 Å². The van der Waals surface area contributed by atoms with Crippen LogP contribution in [0.2, 0.25) is 0 Å². The Hall–Kier alpha value is -1.60. The van der Waals surface area contributed by atoms with Crippen molar-refractivity contribution in [1.82, 2.24) is 10.2 Å². The van der Waals surface area contributed by atoms with Gasteiger partial charge in [-0.2, -0.15) is 12.6 Å². The topological polar surface area (TPSA) is 107 Å². The predicted molar refractivity (Wildman–Crippen MR) is 116 cm³/mol. The van der Waals surface area contributed by atoms with Crippen LogP contribution in [-0.4, -0.2) is 64.4 Å². The van der Waals surface area contributed by atoms with Crippen molar-refractivity contribution >= 4 is 30.4 Å². The van der Waals surface area contributed by atoms with E-state index in [-0.39, 0.29) is 25.3 Å². The first-order chi connectivity index (χ1) is 13.7. The predicted octanol–water partition coefficient (Wildman–Crippen LogP) is 1.84. The summed E-state index contributed by atoms with van der Waals surface area (Å²) in [6, 6.07) is 0. The molecule has 0 spiro atoms. The first-order valence-corrected chi connectivity index (χ1v) is 10.7. The van der Waals surface area contributed by atoms with E-state index in [4.69, 9.17) is 0 Å². The molecular formula is C21H36N2O5S. The van der Waals surface area contributed by atoms with Gasteiger partial charge in [-0.25, -0.2) is 0 Å². The maximum absolute atomic E-state index is 12.7. The Labute approximate surface area is 179 Å². The molecule has 0 aromatic rings. The van der Waals surface area contributed by atoms with E-state index >= 15 is 0 Å². The molecule has 3 amide bonds. The van der Waals surface area contributed by atoms with Crippen LogP contribution in [0.15, 0.2) is 17.9 Å². The number of rotatable bonds is 14. The molecule has 0 saturated heterocycles. The Kier molecular flexibility index (Phi) is 14.4. The van der Waals surface area contributed by atoms with E-state index in [1.54, 1.807) is 6.08 Å². The largest absolute Gasteiger partial charge is 0.396 e. The van der Waals surface area contributed by atoms with Crippen LogP contribution in [0.25, 0.3) is 0 Å². The second-order valence-electron chi connectivity index (χ2n) is 7.53. The van der Waals surface area contributed by atoms with E-state index in [1.807, 2.05) is 6.08 Å². The van der Waals surface area contributed by atoms with Crippen LogP contribution >= 0.6 is 12.6 Å². The Morgan fingerprint density at radius 2 is 1.93 bits per heavy atom. The molecule has 0 heterocycles. The number of imide groups is 1. The van der Waals surface area contributed by atoms with Gasteiger partial charge in [-0.1, -0.05) is 33.6 Å². The van der Waals surface area contributed by atoms with Crippen molar-refractivity contribution in [3.8, 4) is 0 Å². The summed E-state index contributed by atoms with van der Waals surface area (Å²) >= 11 is 4.01. The van der Waals surface area contributed by atoms with E-state index in [1.165, 1.54) is 13.8 Å². The normalized spacial score (nSPS) is 11.9. The number of aliphatic hydroxyl groups is 2. The van der Waals surface area contributed by atoms with Crippen LogP contribution in [0.4, 0.5) is 0 Å². The van der Waals surface area contributed by atoms with Crippen molar-refractivity contribution in [2.45, 2.75) is 65.4 Å². The Balaban J connectivity index is 5.10. The Morgan fingerprint density at radius 3 is 2.52 bits per heavy atom. The number of aliphatic hydroxyl groups excluding tert-OH is 2. The number of nitrogens with zero attached hydrogens (tertiary/aromatic N) is 1. The average molecular weight is 429 g/mol. The summed E-state index contributed by atoms with van der Waals surface area (Å²) in [5.74, 6) is -1.19. The van der Waals surface area contributed by atoms with Gasteiger partial charge in [-0.3, -0.25) is 19.3 Å². The van der Waals surface area contributed by atoms with Crippen LogP contribution in [0.5, 0.6) is 0 Å². The molecule has 0 aromatic carbocycles. The molecule has 0 rings (SSSR count). The third kappa shape index (κ3) is 11.2. The molecule has 3 N–H and O–H groups in total. The summed E-state index contributed by atoms with van der Waals surface area (Å²) in [6.45, 7) is 4.98. The number of carbonyl (C=O) groups is 3. The molecule has 0 bridgehead atoms. The summed E-state index contributed by atoms with van der Waals surface area (Å²) in [6.07, 6.45) is 5.87. The zero-order valence-corrected chi connectivity index (χ0v) is 18.7. The molecular weight excluding hydrogens is 392 g/mol. The highest BCUT2D eigenvalue weighted by atomic mass is 32.1.